The van der Waals surface area contributed by atoms with Crippen molar-refractivity contribution in [2.75, 3.05) is 32.7 Å². The van der Waals surface area contributed by atoms with Gasteiger partial charge in [-0.2, -0.15) is 0 Å². The molecule has 2 aliphatic rings. The Kier molecular flexibility index (Phi) is 7.41. The van der Waals surface area contributed by atoms with E-state index in [1.165, 1.54) is 18.2 Å². The van der Waals surface area contributed by atoms with Gasteiger partial charge in [0.2, 0.25) is 11.8 Å². The van der Waals surface area contributed by atoms with Crippen LogP contribution in [0.3, 0.4) is 0 Å². The summed E-state index contributed by atoms with van der Waals surface area (Å²) >= 11 is 0. The summed E-state index contributed by atoms with van der Waals surface area (Å²) in [5.74, 6) is -4.63. The van der Waals surface area contributed by atoms with Crippen LogP contribution in [-0.4, -0.2) is 67.9 Å². The third-order valence-corrected chi connectivity index (χ3v) is 5.64. The molecule has 1 aromatic rings. The fraction of sp³-hybridized carbons (Fsp3) is 0.455. The van der Waals surface area contributed by atoms with Crippen molar-refractivity contribution >= 4 is 41.3 Å². The lowest BCUT2D eigenvalue weighted by Gasteiger charge is -2.19. The van der Waals surface area contributed by atoms with Crippen LogP contribution in [0.25, 0.3) is 0 Å². The number of hydrogen-bond donors (Lipinski definition) is 1. The predicted molar refractivity (Wildman–Crippen MR) is 111 cm³/mol. The number of hydrogen-bond acceptors (Lipinski definition) is 9. The van der Waals surface area contributed by atoms with Gasteiger partial charge in [0.25, 0.3) is 5.91 Å². The molecule has 0 bridgehead atoms. The highest BCUT2D eigenvalue weighted by Crippen LogP contribution is 2.37. The first-order chi connectivity index (χ1) is 15.7. The van der Waals surface area contributed by atoms with Crippen LogP contribution < -0.4 is 5.32 Å². The summed E-state index contributed by atoms with van der Waals surface area (Å²) in [4.78, 5) is 73.8. The fourth-order valence-corrected chi connectivity index (χ4v) is 4.08. The van der Waals surface area contributed by atoms with Crippen LogP contribution in [0.15, 0.2) is 18.2 Å². The van der Waals surface area contributed by atoms with E-state index in [4.69, 9.17) is 4.74 Å². The Hall–Kier alpha value is -3.76. The summed E-state index contributed by atoms with van der Waals surface area (Å²) in [5.41, 5.74) is 0.0776. The number of amides is 3. The SMILES string of the molecule is COC(=O)c1cc(NC(=O)COC(=O)CN2C(=O)[C@H]3CCCC[C@H]3C2=O)cc(C(=O)OC)c1. The maximum Gasteiger partial charge on any atom is 0.337 e. The average molecular weight is 460 g/mol. The molecular formula is C22H24N2O9. The number of nitrogens with zero attached hydrogens (tertiary/aromatic N) is 1. The molecule has 11 heteroatoms. The Morgan fingerprint density at radius 1 is 0.909 bits per heavy atom. The molecule has 1 heterocycles. The quantitative estimate of drug-likeness (QED) is 0.356. The van der Waals surface area contributed by atoms with E-state index in [2.05, 4.69) is 14.8 Å². The Balaban J connectivity index is 1.58. The van der Waals surface area contributed by atoms with E-state index < -0.39 is 37.0 Å². The standard InChI is InChI=1S/C22H24N2O9/c1-31-21(29)12-7-13(22(30)32-2)9-14(8-12)23-17(25)11-33-18(26)10-24-19(27)15-5-3-4-6-16(15)20(24)28/h7-9,15-16H,3-6,10-11H2,1-2H3,(H,23,25)/t15-,16+. The number of carbonyl (C=O) groups is 6. The summed E-state index contributed by atoms with van der Waals surface area (Å²) in [6, 6.07) is 3.80. The van der Waals surface area contributed by atoms with Crippen molar-refractivity contribution in [3.8, 4) is 0 Å². The minimum Gasteiger partial charge on any atom is -0.465 e. The second-order valence-electron chi connectivity index (χ2n) is 7.75. The number of likely N-dealkylation sites (tertiary alicyclic amines) is 1. The van der Waals surface area contributed by atoms with Gasteiger partial charge in [-0.3, -0.25) is 24.1 Å². The molecule has 1 saturated carbocycles. The normalized spacial score (nSPS) is 19.5. The Morgan fingerprint density at radius 2 is 1.42 bits per heavy atom. The molecule has 2 atom stereocenters. The molecule has 3 rings (SSSR count). The molecule has 3 amide bonds. The average Bonchev–Trinajstić information content (AvgIpc) is 3.06. The van der Waals surface area contributed by atoms with Gasteiger partial charge < -0.3 is 19.5 Å². The number of methoxy groups -OCH3 is 2. The van der Waals surface area contributed by atoms with Gasteiger partial charge in [-0.15, -0.1) is 0 Å². The smallest absolute Gasteiger partial charge is 0.337 e. The summed E-state index contributed by atoms with van der Waals surface area (Å²) in [6.45, 7) is -1.25. The molecule has 1 N–H and O–H groups in total. The van der Waals surface area contributed by atoms with E-state index in [0.29, 0.717) is 12.8 Å². The summed E-state index contributed by atoms with van der Waals surface area (Å²) < 4.78 is 14.2. The van der Waals surface area contributed by atoms with Crippen molar-refractivity contribution in [1.82, 2.24) is 4.90 Å². The van der Waals surface area contributed by atoms with Crippen molar-refractivity contribution in [2.24, 2.45) is 11.8 Å². The third kappa shape index (κ3) is 5.36. The second kappa shape index (κ2) is 10.2. The molecular weight excluding hydrogens is 436 g/mol. The number of fused-ring (bicyclic) bond motifs is 1. The second-order valence-corrected chi connectivity index (χ2v) is 7.75. The zero-order chi connectivity index (χ0) is 24.1. The molecule has 33 heavy (non-hydrogen) atoms. The largest absolute Gasteiger partial charge is 0.465 e. The van der Waals surface area contributed by atoms with Crippen molar-refractivity contribution in [3.05, 3.63) is 29.3 Å². The first-order valence-electron chi connectivity index (χ1n) is 10.4. The van der Waals surface area contributed by atoms with Gasteiger partial charge in [0, 0.05) is 5.69 Å². The van der Waals surface area contributed by atoms with Crippen LogP contribution in [0, 0.1) is 11.8 Å². The van der Waals surface area contributed by atoms with E-state index in [9.17, 15) is 28.8 Å². The molecule has 1 aromatic carbocycles. The number of carbonyl (C=O) groups excluding carboxylic acids is 6. The van der Waals surface area contributed by atoms with Crippen molar-refractivity contribution < 1.29 is 43.0 Å². The summed E-state index contributed by atoms with van der Waals surface area (Å²) in [5, 5.41) is 2.41. The molecule has 0 unspecified atom stereocenters. The van der Waals surface area contributed by atoms with Gasteiger partial charge in [0.05, 0.1) is 37.2 Å². The number of esters is 3. The number of rotatable bonds is 7. The maximum atomic E-state index is 12.4. The zero-order valence-corrected chi connectivity index (χ0v) is 18.3. The molecule has 0 aromatic heterocycles. The Morgan fingerprint density at radius 3 is 1.91 bits per heavy atom. The highest BCUT2D eigenvalue weighted by atomic mass is 16.5. The van der Waals surface area contributed by atoms with E-state index in [1.54, 1.807) is 0 Å². The summed E-state index contributed by atoms with van der Waals surface area (Å²) in [7, 11) is 2.32. The molecule has 1 aliphatic carbocycles. The van der Waals surface area contributed by atoms with E-state index in [0.717, 1.165) is 32.0 Å². The zero-order valence-electron chi connectivity index (χ0n) is 18.3. The van der Waals surface area contributed by atoms with Gasteiger partial charge in [-0.05, 0) is 31.0 Å². The van der Waals surface area contributed by atoms with Crippen LogP contribution in [-0.2, 0) is 33.4 Å². The first kappa shape index (κ1) is 23.9. The van der Waals surface area contributed by atoms with Crippen LogP contribution in [0.2, 0.25) is 0 Å². The number of anilines is 1. The lowest BCUT2D eigenvalue weighted by molar-refractivity contribution is -0.154. The fourth-order valence-electron chi connectivity index (χ4n) is 4.08. The summed E-state index contributed by atoms with van der Waals surface area (Å²) in [6.07, 6.45) is 2.99. The highest BCUT2D eigenvalue weighted by molar-refractivity contribution is 6.07. The molecule has 2 fully saturated rings. The first-order valence-corrected chi connectivity index (χ1v) is 10.4. The van der Waals surface area contributed by atoms with Gasteiger partial charge >= 0.3 is 17.9 Å². The monoisotopic (exact) mass is 460 g/mol. The number of imide groups is 1. The van der Waals surface area contributed by atoms with Gasteiger partial charge in [-0.1, -0.05) is 12.8 Å². The molecule has 1 saturated heterocycles. The van der Waals surface area contributed by atoms with Crippen molar-refractivity contribution in [3.63, 3.8) is 0 Å². The van der Waals surface area contributed by atoms with Gasteiger partial charge in [0.15, 0.2) is 6.61 Å². The van der Waals surface area contributed by atoms with Gasteiger partial charge in [0.1, 0.15) is 6.54 Å². The topological polar surface area (TPSA) is 145 Å². The van der Waals surface area contributed by atoms with E-state index in [-0.39, 0.29) is 40.5 Å². The minimum absolute atomic E-state index is 0.000204. The molecule has 0 spiro atoms. The maximum absolute atomic E-state index is 12.4. The number of benzene rings is 1. The lowest BCUT2D eigenvalue weighted by atomic mass is 9.81. The van der Waals surface area contributed by atoms with Crippen molar-refractivity contribution in [1.29, 1.82) is 0 Å². The van der Waals surface area contributed by atoms with Crippen LogP contribution in [0.4, 0.5) is 5.69 Å². The highest BCUT2D eigenvalue weighted by Gasteiger charge is 2.48. The van der Waals surface area contributed by atoms with E-state index in [1.807, 2.05) is 0 Å². The van der Waals surface area contributed by atoms with Crippen LogP contribution in [0.1, 0.15) is 46.4 Å². The van der Waals surface area contributed by atoms with Crippen LogP contribution >= 0.6 is 0 Å². The predicted octanol–water partition coefficient (Wildman–Crippen LogP) is 0.917. The molecule has 1 aliphatic heterocycles. The minimum atomic E-state index is -0.899. The molecule has 11 nitrogen and oxygen atoms in total. The number of nitrogens with one attached hydrogen (secondary N) is 1. The Bertz CT molecular complexity index is 945. The lowest BCUT2D eigenvalue weighted by Crippen LogP contribution is -2.37. The number of ether oxygens (including phenoxy) is 3. The van der Waals surface area contributed by atoms with Crippen molar-refractivity contribution in [2.45, 2.75) is 25.7 Å². The van der Waals surface area contributed by atoms with Gasteiger partial charge in [-0.25, -0.2) is 9.59 Å². The van der Waals surface area contributed by atoms with E-state index >= 15 is 0 Å². The Labute approximate surface area is 189 Å². The molecule has 176 valence electrons. The third-order valence-electron chi connectivity index (χ3n) is 5.64. The van der Waals surface area contributed by atoms with Crippen LogP contribution in [0.5, 0.6) is 0 Å². The molecule has 0 radical (unpaired) electrons.